The van der Waals surface area contributed by atoms with E-state index in [1.165, 1.54) is 0 Å². The van der Waals surface area contributed by atoms with Gasteiger partial charge in [-0.15, -0.1) is 0 Å². The summed E-state index contributed by atoms with van der Waals surface area (Å²) in [6.45, 7) is -0.127. The van der Waals surface area contributed by atoms with Gasteiger partial charge in [-0.25, -0.2) is 4.79 Å². The van der Waals surface area contributed by atoms with Crippen molar-refractivity contribution in [2.75, 3.05) is 24.7 Å². The van der Waals surface area contributed by atoms with Gasteiger partial charge in [-0.1, -0.05) is 0 Å². The van der Waals surface area contributed by atoms with Crippen LogP contribution in [0.3, 0.4) is 0 Å². The maximum Gasteiger partial charge on any atom is 0.508 e. The van der Waals surface area contributed by atoms with Crippen LogP contribution in [0.2, 0.25) is 0 Å². The molecule has 0 aromatic heterocycles. The first-order chi connectivity index (χ1) is 9.26. The van der Waals surface area contributed by atoms with Crippen LogP contribution in [0.5, 0.6) is 0 Å². The minimum Gasteiger partial charge on any atom is -0.430 e. The molecule has 2 atom stereocenters. The van der Waals surface area contributed by atoms with E-state index in [1.807, 2.05) is 0 Å². The molecule has 0 amide bonds. The average Bonchev–Trinajstić information content (AvgIpc) is 2.25. The molecule has 0 radical (unpaired) electrons. The van der Waals surface area contributed by atoms with Gasteiger partial charge < -0.3 is 9.47 Å². The van der Waals surface area contributed by atoms with Crippen molar-refractivity contribution in [1.82, 2.24) is 0 Å². The molecule has 9 nitrogen and oxygen atoms in total. The van der Waals surface area contributed by atoms with Crippen molar-refractivity contribution >= 4 is 26.4 Å². The van der Waals surface area contributed by atoms with Gasteiger partial charge in [-0.3, -0.25) is 8.37 Å². The maximum atomic E-state index is 11.5. The van der Waals surface area contributed by atoms with Crippen LogP contribution in [-0.4, -0.2) is 59.9 Å². The Hall–Kier alpha value is -0.910. The van der Waals surface area contributed by atoms with Crippen molar-refractivity contribution in [3.05, 3.63) is 0 Å². The molecule has 2 rings (SSSR count). The second-order valence-electron chi connectivity index (χ2n) is 4.40. The Kier molecular flexibility index (Phi) is 4.52. The second kappa shape index (κ2) is 5.84. The van der Waals surface area contributed by atoms with Crippen LogP contribution >= 0.6 is 0 Å². The summed E-state index contributed by atoms with van der Waals surface area (Å²) in [4.78, 5) is 11.5. The van der Waals surface area contributed by atoms with Gasteiger partial charge in [0.25, 0.3) is 20.2 Å². The molecule has 0 aromatic rings. The summed E-state index contributed by atoms with van der Waals surface area (Å²) < 4.78 is 63.4. The van der Waals surface area contributed by atoms with Crippen molar-refractivity contribution in [1.29, 1.82) is 0 Å². The average molecular weight is 330 g/mol. The molecule has 2 fully saturated rings. The SMILES string of the molecule is O=C(OC1CCOS(=O)(=O)C1)OC1CCOS(=O)(=O)C1. The van der Waals surface area contributed by atoms with Gasteiger partial charge in [0.2, 0.25) is 0 Å². The lowest BCUT2D eigenvalue weighted by Gasteiger charge is -2.24. The van der Waals surface area contributed by atoms with Crippen molar-refractivity contribution in [3.63, 3.8) is 0 Å². The van der Waals surface area contributed by atoms with Crippen molar-refractivity contribution < 1.29 is 39.5 Å². The van der Waals surface area contributed by atoms with E-state index in [0.29, 0.717) is 0 Å². The zero-order valence-electron chi connectivity index (χ0n) is 10.4. The van der Waals surface area contributed by atoms with Crippen LogP contribution in [0, 0.1) is 0 Å². The predicted octanol–water partition coefficient (Wildman–Crippen LogP) is -0.623. The molecule has 0 aromatic carbocycles. The first kappa shape index (κ1) is 15.5. The molecule has 0 bridgehead atoms. The number of hydrogen-bond acceptors (Lipinski definition) is 9. The largest absolute Gasteiger partial charge is 0.508 e. The first-order valence-corrected chi connectivity index (χ1v) is 9.03. The molecule has 11 heteroatoms. The number of rotatable bonds is 2. The van der Waals surface area contributed by atoms with Gasteiger partial charge in [0, 0.05) is 12.8 Å². The fourth-order valence-electron chi connectivity index (χ4n) is 1.82. The van der Waals surface area contributed by atoms with Gasteiger partial charge >= 0.3 is 6.16 Å². The third-order valence-electron chi connectivity index (χ3n) is 2.71. The lowest BCUT2D eigenvalue weighted by molar-refractivity contribution is -0.00636. The van der Waals surface area contributed by atoms with Gasteiger partial charge in [0.05, 0.1) is 13.2 Å². The second-order valence-corrected chi connectivity index (χ2v) is 7.77. The summed E-state index contributed by atoms with van der Waals surface area (Å²) in [6.07, 6.45) is -2.31. The van der Waals surface area contributed by atoms with Crippen molar-refractivity contribution in [3.8, 4) is 0 Å². The van der Waals surface area contributed by atoms with Crippen LogP contribution in [-0.2, 0) is 38.1 Å². The topological polar surface area (TPSA) is 122 Å². The Balaban J connectivity index is 1.83. The predicted molar refractivity (Wildman–Crippen MR) is 63.9 cm³/mol. The molecule has 0 spiro atoms. The number of ether oxygens (including phenoxy) is 2. The Morgan fingerprint density at radius 3 is 1.60 bits per heavy atom. The molecule has 0 N–H and O–H groups in total. The highest BCUT2D eigenvalue weighted by Gasteiger charge is 2.32. The molecule has 116 valence electrons. The van der Waals surface area contributed by atoms with E-state index in [0.717, 1.165) is 0 Å². The summed E-state index contributed by atoms with van der Waals surface area (Å²) in [7, 11) is -7.36. The lowest BCUT2D eigenvalue weighted by Crippen LogP contribution is -2.37. The summed E-state index contributed by atoms with van der Waals surface area (Å²) in [6, 6.07) is 0. The van der Waals surface area contributed by atoms with E-state index < -0.39 is 50.1 Å². The molecule has 0 aliphatic carbocycles. The van der Waals surface area contributed by atoms with E-state index >= 15 is 0 Å². The highest BCUT2D eigenvalue weighted by molar-refractivity contribution is 7.87. The monoisotopic (exact) mass is 330 g/mol. The Labute approximate surface area is 116 Å². The van der Waals surface area contributed by atoms with E-state index in [4.69, 9.17) is 9.47 Å². The summed E-state index contributed by atoms with van der Waals surface area (Å²) in [5.41, 5.74) is 0. The molecular formula is C9H14O9S2. The number of carbonyl (C=O) groups is 1. The van der Waals surface area contributed by atoms with E-state index in [-0.39, 0.29) is 26.1 Å². The van der Waals surface area contributed by atoms with E-state index in [9.17, 15) is 21.6 Å². The van der Waals surface area contributed by atoms with Crippen LogP contribution in [0.15, 0.2) is 0 Å². The minimum atomic E-state index is -3.68. The molecule has 2 saturated heterocycles. The van der Waals surface area contributed by atoms with Crippen molar-refractivity contribution in [2.45, 2.75) is 25.0 Å². The van der Waals surface area contributed by atoms with Gasteiger partial charge in [-0.05, 0) is 0 Å². The standard InChI is InChI=1S/C9H14O9S2/c10-9(17-7-1-3-15-19(11,12)5-7)18-8-2-4-16-20(13,14)6-8/h7-8H,1-6H2. The van der Waals surface area contributed by atoms with Crippen LogP contribution in [0.1, 0.15) is 12.8 Å². The fourth-order valence-corrected chi connectivity index (χ4v) is 4.09. The van der Waals surface area contributed by atoms with Crippen LogP contribution in [0.25, 0.3) is 0 Å². The van der Waals surface area contributed by atoms with Gasteiger partial charge in [0.15, 0.2) is 0 Å². The Morgan fingerprint density at radius 1 is 0.850 bits per heavy atom. The Bertz CT molecular complexity index is 514. The lowest BCUT2D eigenvalue weighted by atomic mass is 10.3. The van der Waals surface area contributed by atoms with Crippen molar-refractivity contribution in [2.24, 2.45) is 0 Å². The molecule has 0 saturated carbocycles. The zero-order valence-corrected chi connectivity index (χ0v) is 12.0. The highest BCUT2D eigenvalue weighted by atomic mass is 32.2. The normalized spacial score (nSPS) is 32.2. The summed E-state index contributed by atoms with van der Waals surface area (Å²) in [5.74, 6) is -0.873. The molecule has 2 aliphatic heterocycles. The van der Waals surface area contributed by atoms with Crippen LogP contribution in [0.4, 0.5) is 4.79 Å². The van der Waals surface area contributed by atoms with Crippen LogP contribution < -0.4 is 0 Å². The first-order valence-electron chi connectivity index (χ1n) is 5.87. The molecule has 2 aliphatic rings. The smallest absolute Gasteiger partial charge is 0.430 e. The zero-order chi connectivity index (χ0) is 14.8. The highest BCUT2D eigenvalue weighted by Crippen LogP contribution is 2.16. The quantitative estimate of drug-likeness (QED) is 0.481. The molecule has 2 heterocycles. The number of carbonyl (C=O) groups excluding carboxylic acids is 1. The molecule has 2 unspecified atom stereocenters. The van der Waals surface area contributed by atoms with E-state index in [1.54, 1.807) is 0 Å². The fraction of sp³-hybridized carbons (Fsp3) is 0.889. The molecule has 20 heavy (non-hydrogen) atoms. The third kappa shape index (κ3) is 4.58. The third-order valence-corrected chi connectivity index (χ3v) is 5.32. The minimum absolute atomic E-state index is 0.0636. The van der Waals surface area contributed by atoms with E-state index in [2.05, 4.69) is 8.37 Å². The summed E-state index contributed by atoms with van der Waals surface area (Å²) >= 11 is 0. The number of hydrogen-bond donors (Lipinski definition) is 0. The summed E-state index contributed by atoms with van der Waals surface area (Å²) in [5, 5.41) is 0. The maximum absolute atomic E-state index is 11.5. The molecular weight excluding hydrogens is 316 g/mol. The van der Waals surface area contributed by atoms with Gasteiger partial charge in [0.1, 0.15) is 23.7 Å². The van der Waals surface area contributed by atoms with Gasteiger partial charge in [-0.2, -0.15) is 16.8 Å². The Morgan fingerprint density at radius 2 is 1.25 bits per heavy atom.